The first kappa shape index (κ1) is 13.4. The highest BCUT2D eigenvalue weighted by Crippen LogP contribution is 2.16. The molecule has 0 atom stereocenters. The number of rotatable bonds is 4. The van der Waals surface area contributed by atoms with Gasteiger partial charge in [-0.15, -0.1) is 11.3 Å². The van der Waals surface area contributed by atoms with Crippen molar-refractivity contribution in [3.63, 3.8) is 0 Å². The van der Waals surface area contributed by atoms with Crippen molar-refractivity contribution in [3.05, 3.63) is 45.9 Å². The van der Waals surface area contributed by atoms with Gasteiger partial charge in [-0.3, -0.25) is 4.79 Å². The van der Waals surface area contributed by atoms with Crippen LogP contribution in [0, 0.1) is 11.6 Å². The first-order chi connectivity index (χ1) is 9.08. The summed E-state index contributed by atoms with van der Waals surface area (Å²) in [7, 11) is 0. The summed E-state index contributed by atoms with van der Waals surface area (Å²) < 4.78 is 25.9. The van der Waals surface area contributed by atoms with Gasteiger partial charge in [0.2, 0.25) is 0 Å². The number of nitrogens with zero attached hydrogens (tertiary/aromatic N) is 1. The van der Waals surface area contributed by atoms with E-state index in [0.717, 1.165) is 17.1 Å². The van der Waals surface area contributed by atoms with Crippen LogP contribution in [0.1, 0.15) is 15.4 Å². The molecule has 100 valence electrons. The summed E-state index contributed by atoms with van der Waals surface area (Å²) in [4.78, 5) is 15.8. The lowest BCUT2D eigenvalue weighted by Crippen LogP contribution is -2.26. The third-order valence-corrected chi connectivity index (χ3v) is 3.28. The number of benzene rings is 1. The molecule has 2 rings (SSSR count). The molecule has 0 radical (unpaired) electrons. The predicted octanol–water partition coefficient (Wildman–Crippen LogP) is 1.98. The van der Waals surface area contributed by atoms with E-state index in [0.29, 0.717) is 13.0 Å². The number of hydrogen-bond donors (Lipinski definition) is 2. The van der Waals surface area contributed by atoms with Crippen molar-refractivity contribution in [2.24, 2.45) is 0 Å². The minimum atomic E-state index is -1.10. The van der Waals surface area contributed by atoms with Crippen molar-refractivity contribution >= 4 is 22.9 Å². The Morgan fingerprint density at radius 2 is 2.11 bits per heavy atom. The smallest absolute Gasteiger partial charge is 0.253 e. The lowest BCUT2D eigenvalue weighted by atomic mass is 10.1. The average molecular weight is 283 g/mol. The molecule has 7 heteroatoms. The van der Waals surface area contributed by atoms with Gasteiger partial charge in [0, 0.05) is 36.3 Å². The highest BCUT2D eigenvalue weighted by atomic mass is 32.1. The van der Waals surface area contributed by atoms with Gasteiger partial charge < -0.3 is 11.1 Å². The molecule has 1 heterocycles. The van der Waals surface area contributed by atoms with E-state index in [1.165, 1.54) is 11.3 Å². The Morgan fingerprint density at radius 1 is 1.37 bits per heavy atom. The molecule has 0 saturated carbocycles. The summed E-state index contributed by atoms with van der Waals surface area (Å²) in [6.07, 6.45) is 2.25. The second kappa shape index (κ2) is 5.75. The van der Waals surface area contributed by atoms with Crippen LogP contribution in [0.25, 0.3) is 0 Å². The van der Waals surface area contributed by atoms with Crippen LogP contribution in [-0.4, -0.2) is 17.4 Å². The largest absolute Gasteiger partial charge is 0.398 e. The van der Waals surface area contributed by atoms with E-state index < -0.39 is 17.5 Å². The lowest BCUT2D eigenvalue weighted by molar-refractivity contribution is 0.0954. The quantitative estimate of drug-likeness (QED) is 0.843. The lowest BCUT2D eigenvalue weighted by Gasteiger charge is -2.07. The average Bonchev–Trinajstić information content (AvgIpc) is 2.86. The molecule has 4 nitrogen and oxygen atoms in total. The third kappa shape index (κ3) is 3.25. The molecular weight excluding hydrogens is 272 g/mol. The van der Waals surface area contributed by atoms with Gasteiger partial charge in [-0.1, -0.05) is 0 Å². The molecule has 0 aliphatic rings. The number of amides is 1. The molecule has 0 bridgehead atoms. The monoisotopic (exact) mass is 283 g/mol. The minimum Gasteiger partial charge on any atom is -0.398 e. The minimum absolute atomic E-state index is 0.0713. The number of nitrogens with two attached hydrogens (primary N) is 1. The summed E-state index contributed by atoms with van der Waals surface area (Å²) in [5, 5.41) is 5.31. The van der Waals surface area contributed by atoms with Crippen LogP contribution in [0.5, 0.6) is 0 Å². The van der Waals surface area contributed by atoms with E-state index in [-0.39, 0.29) is 11.3 Å². The second-order valence-corrected chi connectivity index (χ2v) is 4.76. The number of carbonyl (C=O) groups is 1. The van der Waals surface area contributed by atoms with Crippen LogP contribution in [-0.2, 0) is 6.42 Å². The molecule has 3 N–H and O–H groups in total. The molecule has 0 unspecified atom stereocenters. The van der Waals surface area contributed by atoms with Gasteiger partial charge in [0.1, 0.15) is 0 Å². The van der Waals surface area contributed by atoms with Crippen molar-refractivity contribution in [2.45, 2.75) is 6.42 Å². The Hall–Kier alpha value is -2.02. The second-order valence-electron chi connectivity index (χ2n) is 3.79. The van der Waals surface area contributed by atoms with E-state index in [4.69, 9.17) is 5.73 Å². The Kier molecular flexibility index (Phi) is 4.06. The molecule has 0 saturated heterocycles. The Morgan fingerprint density at radius 3 is 2.79 bits per heavy atom. The third-order valence-electron chi connectivity index (χ3n) is 2.44. The molecular formula is C12H11F2N3OS. The molecule has 0 aliphatic heterocycles. The fourth-order valence-corrected chi connectivity index (χ4v) is 2.13. The van der Waals surface area contributed by atoms with Gasteiger partial charge in [0.25, 0.3) is 5.91 Å². The molecule has 19 heavy (non-hydrogen) atoms. The van der Waals surface area contributed by atoms with E-state index in [9.17, 15) is 13.6 Å². The number of anilines is 1. The number of nitrogen functional groups attached to an aromatic ring is 1. The highest BCUT2D eigenvalue weighted by Gasteiger charge is 2.14. The first-order valence-corrected chi connectivity index (χ1v) is 6.37. The number of carbonyl (C=O) groups excluding carboxylic acids is 1. The van der Waals surface area contributed by atoms with Gasteiger partial charge >= 0.3 is 0 Å². The van der Waals surface area contributed by atoms with Crippen LogP contribution in [0.2, 0.25) is 0 Å². The van der Waals surface area contributed by atoms with E-state index in [2.05, 4.69) is 10.3 Å². The van der Waals surface area contributed by atoms with Crippen LogP contribution in [0.3, 0.4) is 0 Å². The van der Waals surface area contributed by atoms with Crippen molar-refractivity contribution in [3.8, 4) is 0 Å². The Balaban J connectivity index is 1.98. The van der Waals surface area contributed by atoms with E-state index in [1.807, 2.05) is 5.38 Å². The standard InChI is InChI=1S/C12H11F2N3OS/c13-8-5-7(10(15)6-9(8)14)12(18)17-2-1-11-16-3-4-19-11/h3-6H,1-2,15H2,(H,17,18). The first-order valence-electron chi connectivity index (χ1n) is 5.49. The summed E-state index contributed by atoms with van der Waals surface area (Å²) in [5.74, 6) is -2.70. The SMILES string of the molecule is Nc1cc(F)c(F)cc1C(=O)NCCc1nccs1. The number of aromatic nitrogens is 1. The molecule has 0 fully saturated rings. The van der Waals surface area contributed by atoms with E-state index in [1.54, 1.807) is 6.20 Å². The van der Waals surface area contributed by atoms with Gasteiger partial charge in [-0.05, 0) is 6.07 Å². The molecule has 0 spiro atoms. The zero-order valence-electron chi connectivity index (χ0n) is 9.82. The van der Waals surface area contributed by atoms with Crippen LogP contribution in [0.15, 0.2) is 23.7 Å². The topological polar surface area (TPSA) is 68.0 Å². The molecule has 1 aromatic heterocycles. The molecule has 1 amide bonds. The van der Waals surface area contributed by atoms with Crippen LogP contribution in [0.4, 0.5) is 14.5 Å². The predicted molar refractivity (Wildman–Crippen MR) is 68.9 cm³/mol. The zero-order valence-corrected chi connectivity index (χ0v) is 10.6. The van der Waals surface area contributed by atoms with Crippen molar-refractivity contribution < 1.29 is 13.6 Å². The molecule has 2 aromatic rings. The summed E-state index contributed by atoms with van der Waals surface area (Å²) in [6.45, 7) is 0.352. The van der Waals surface area contributed by atoms with Crippen molar-refractivity contribution in [2.75, 3.05) is 12.3 Å². The summed E-state index contributed by atoms with van der Waals surface area (Å²) >= 11 is 1.48. The van der Waals surface area contributed by atoms with Crippen LogP contribution >= 0.6 is 11.3 Å². The van der Waals surface area contributed by atoms with E-state index >= 15 is 0 Å². The maximum Gasteiger partial charge on any atom is 0.253 e. The van der Waals surface area contributed by atoms with Crippen molar-refractivity contribution in [1.82, 2.24) is 10.3 Å². The number of hydrogen-bond acceptors (Lipinski definition) is 4. The number of thiazole rings is 1. The van der Waals surface area contributed by atoms with Gasteiger partial charge in [0.15, 0.2) is 11.6 Å². The molecule has 0 aliphatic carbocycles. The maximum atomic E-state index is 13.0. The van der Waals surface area contributed by atoms with Gasteiger partial charge in [-0.25, -0.2) is 13.8 Å². The highest BCUT2D eigenvalue weighted by molar-refractivity contribution is 7.09. The zero-order chi connectivity index (χ0) is 13.8. The van der Waals surface area contributed by atoms with Crippen LogP contribution < -0.4 is 11.1 Å². The number of nitrogens with one attached hydrogen (secondary N) is 1. The number of halogens is 2. The van der Waals surface area contributed by atoms with Crippen molar-refractivity contribution in [1.29, 1.82) is 0 Å². The van der Waals surface area contributed by atoms with Gasteiger partial charge in [-0.2, -0.15) is 0 Å². The fourth-order valence-electron chi connectivity index (χ4n) is 1.51. The Labute approximate surface area is 112 Å². The Bertz CT molecular complexity index is 587. The molecule has 1 aromatic carbocycles. The van der Waals surface area contributed by atoms with Gasteiger partial charge in [0.05, 0.1) is 10.6 Å². The fraction of sp³-hybridized carbons (Fsp3) is 0.167. The summed E-state index contributed by atoms with van der Waals surface area (Å²) in [6, 6.07) is 1.59. The summed E-state index contributed by atoms with van der Waals surface area (Å²) in [5.41, 5.74) is 5.32. The normalized spacial score (nSPS) is 10.4. The maximum absolute atomic E-state index is 13.0.